The molecule has 0 spiro atoms. The Morgan fingerprint density at radius 3 is 2.71 bits per heavy atom. The molecule has 0 aliphatic heterocycles. The Morgan fingerprint density at radius 1 is 1.29 bits per heavy atom. The number of carbonyl (C=O) groups excluding carboxylic acids is 1. The molecule has 3 rings (SSSR count). The van der Waals surface area contributed by atoms with Gasteiger partial charge in [-0.15, -0.1) is 0 Å². The highest BCUT2D eigenvalue weighted by molar-refractivity contribution is 6.03. The van der Waals surface area contributed by atoms with Gasteiger partial charge in [0.25, 0.3) is 5.91 Å². The van der Waals surface area contributed by atoms with Crippen LogP contribution in [0.25, 0.3) is 0 Å². The van der Waals surface area contributed by atoms with Crippen LogP contribution in [0.4, 0.5) is 5.69 Å². The van der Waals surface area contributed by atoms with Crippen molar-refractivity contribution in [3.63, 3.8) is 0 Å². The number of benzene rings is 1. The fourth-order valence-corrected chi connectivity index (χ4v) is 2.42. The van der Waals surface area contributed by atoms with Crippen molar-refractivity contribution in [3.05, 3.63) is 65.4 Å². The van der Waals surface area contributed by atoms with Gasteiger partial charge in [0.1, 0.15) is 18.1 Å². The van der Waals surface area contributed by atoms with Gasteiger partial charge in [0, 0.05) is 18.8 Å². The minimum absolute atomic E-state index is 0.268. The van der Waals surface area contributed by atoms with Gasteiger partial charge in [0.15, 0.2) is 5.76 Å². The van der Waals surface area contributed by atoms with Crippen LogP contribution in [0.15, 0.2) is 47.0 Å². The van der Waals surface area contributed by atoms with Gasteiger partial charge >= 0.3 is 0 Å². The number of carbonyl (C=O) groups is 1. The van der Waals surface area contributed by atoms with Gasteiger partial charge in [-0.3, -0.25) is 9.48 Å². The van der Waals surface area contributed by atoms with E-state index < -0.39 is 0 Å². The molecule has 0 unspecified atom stereocenters. The minimum Gasteiger partial charge on any atom is -0.486 e. The zero-order valence-electron chi connectivity index (χ0n) is 13.9. The van der Waals surface area contributed by atoms with E-state index in [4.69, 9.17) is 9.15 Å². The van der Waals surface area contributed by atoms with Crippen LogP contribution < -0.4 is 10.1 Å². The zero-order chi connectivity index (χ0) is 17.1. The third kappa shape index (κ3) is 3.48. The summed E-state index contributed by atoms with van der Waals surface area (Å²) in [6.07, 6.45) is 1.75. The molecule has 0 radical (unpaired) electrons. The lowest BCUT2D eigenvalue weighted by atomic mass is 10.2. The number of nitrogens with zero attached hydrogens (tertiary/aromatic N) is 2. The van der Waals surface area contributed by atoms with E-state index in [0.717, 1.165) is 17.0 Å². The molecule has 0 saturated carbocycles. The van der Waals surface area contributed by atoms with Gasteiger partial charge in [-0.2, -0.15) is 5.10 Å². The lowest BCUT2D eigenvalue weighted by Crippen LogP contribution is -2.12. The largest absolute Gasteiger partial charge is 0.486 e. The molecule has 1 aromatic carbocycles. The highest BCUT2D eigenvalue weighted by Gasteiger charge is 2.18. The van der Waals surface area contributed by atoms with E-state index in [1.54, 1.807) is 17.9 Å². The van der Waals surface area contributed by atoms with E-state index in [1.807, 2.05) is 50.2 Å². The van der Waals surface area contributed by atoms with E-state index in [-0.39, 0.29) is 18.3 Å². The van der Waals surface area contributed by atoms with Crippen molar-refractivity contribution >= 4 is 11.6 Å². The summed E-state index contributed by atoms with van der Waals surface area (Å²) in [5.74, 6) is 1.34. The molecule has 24 heavy (non-hydrogen) atoms. The quantitative estimate of drug-likeness (QED) is 0.780. The minimum atomic E-state index is -0.297. The van der Waals surface area contributed by atoms with Gasteiger partial charge in [0.05, 0.1) is 11.4 Å². The van der Waals surface area contributed by atoms with Crippen molar-refractivity contribution < 1.29 is 13.9 Å². The molecule has 2 heterocycles. The average Bonchev–Trinajstić information content (AvgIpc) is 3.08. The van der Waals surface area contributed by atoms with Crippen molar-refractivity contribution in [2.24, 2.45) is 7.05 Å². The van der Waals surface area contributed by atoms with Crippen molar-refractivity contribution in [1.82, 2.24) is 9.78 Å². The van der Waals surface area contributed by atoms with Gasteiger partial charge in [0.2, 0.25) is 0 Å². The summed E-state index contributed by atoms with van der Waals surface area (Å²) in [5, 5.41) is 7.02. The van der Waals surface area contributed by atoms with E-state index in [2.05, 4.69) is 10.4 Å². The highest BCUT2D eigenvalue weighted by atomic mass is 16.5. The van der Waals surface area contributed by atoms with Crippen LogP contribution >= 0.6 is 0 Å². The van der Waals surface area contributed by atoms with Crippen LogP contribution in [0.2, 0.25) is 0 Å². The molecule has 0 atom stereocenters. The van der Waals surface area contributed by atoms with Crippen LogP contribution in [0, 0.1) is 13.8 Å². The Balaban J connectivity index is 1.69. The second-order valence-corrected chi connectivity index (χ2v) is 5.58. The molecule has 124 valence electrons. The molecule has 0 bridgehead atoms. The van der Waals surface area contributed by atoms with Crippen molar-refractivity contribution in [3.8, 4) is 5.75 Å². The third-order valence-corrected chi connectivity index (χ3v) is 3.56. The Labute approximate surface area is 140 Å². The number of furan rings is 1. The number of aromatic nitrogens is 2. The second-order valence-electron chi connectivity index (χ2n) is 5.58. The first-order chi connectivity index (χ1) is 11.5. The summed E-state index contributed by atoms with van der Waals surface area (Å²) in [7, 11) is 1.81. The molecule has 0 aliphatic rings. The van der Waals surface area contributed by atoms with Crippen molar-refractivity contribution in [1.29, 1.82) is 0 Å². The van der Waals surface area contributed by atoms with Crippen LogP contribution in [-0.4, -0.2) is 15.7 Å². The maximum absolute atomic E-state index is 12.4. The number of para-hydroxylation sites is 1. The lowest BCUT2D eigenvalue weighted by molar-refractivity contribution is 0.0991. The fourth-order valence-electron chi connectivity index (χ4n) is 2.42. The smallest absolute Gasteiger partial charge is 0.291 e. The van der Waals surface area contributed by atoms with Crippen LogP contribution in [0.1, 0.15) is 27.6 Å². The van der Waals surface area contributed by atoms with E-state index in [0.29, 0.717) is 11.4 Å². The first kappa shape index (κ1) is 15.9. The summed E-state index contributed by atoms with van der Waals surface area (Å²) in [5.41, 5.74) is 2.18. The molecule has 0 saturated heterocycles. The third-order valence-electron chi connectivity index (χ3n) is 3.56. The molecule has 6 nitrogen and oxygen atoms in total. The van der Waals surface area contributed by atoms with Crippen molar-refractivity contribution in [2.45, 2.75) is 20.5 Å². The zero-order valence-corrected chi connectivity index (χ0v) is 13.9. The SMILES string of the molecule is Cc1cc(COc2ccccc2)oc1C(=O)Nc1cn(C)nc1C. The summed E-state index contributed by atoms with van der Waals surface area (Å²) in [6, 6.07) is 11.3. The Kier molecular flexibility index (Phi) is 4.37. The maximum atomic E-state index is 12.4. The molecule has 2 aromatic heterocycles. The normalized spacial score (nSPS) is 10.6. The number of amides is 1. The Morgan fingerprint density at radius 2 is 2.04 bits per heavy atom. The first-order valence-corrected chi connectivity index (χ1v) is 7.61. The maximum Gasteiger partial charge on any atom is 0.291 e. The second kappa shape index (κ2) is 6.62. The number of aryl methyl sites for hydroxylation is 3. The number of hydrogen-bond donors (Lipinski definition) is 1. The molecular weight excluding hydrogens is 306 g/mol. The highest BCUT2D eigenvalue weighted by Crippen LogP contribution is 2.20. The topological polar surface area (TPSA) is 69.3 Å². The van der Waals surface area contributed by atoms with Crippen molar-refractivity contribution in [2.75, 3.05) is 5.32 Å². The van der Waals surface area contributed by atoms with Gasteiger partial charge < -0.3 is 14.5 Å². The number of nitrogens with one attached hydrogen (secondary N) is 1. The van der Waals surface area contributed by atoms with E-state index in [1.165, 1.54) is 0 Å². The van der Waals surface area contributed by atoms with Crippen LogP contribution in [-0.2, 0) is 13.7 Å². The molecule has 3 aromatic rings. The lowest BCUT2D eigenvalue weighted by Gasteiger charge is -2.03. The van der Waals surface area contributed by atoms with Gasteiger partial charge in [-0.25, -0.2) is 0 Å². The summed E-state index contributed by atoms with van der Waals surface area (Å²) >= 11 is 0. The molecule has 0 fully saturated rings. The molecule has 6 heteroatoms. The predicted octanol–water partition coefficient (Wildman–Crippen LogP) is 3.46. The number of hydrogen-bond acceptors (Lipinski definition) is 4. The molecule has 1 N–H and O–H groups in total. The number of rotatable bonds is 5. The van der Waals surface area contributed by atoms with Crippen LogP contribution in [0.3, 0.4) is 0 Å². The summed E-state index contributed by atoms with van der Waals surface area (Å²) in [6.45, 7) is 3.94. The standard InChI is InChI=1S/C18H19N3O3/c1-12-9-15(11-23-14-7-5-4-6-8-14)24-17(12)18(22)19-16-10-21(3)20-13(16)2/h4-10H,11H2,1-3H3,(H,19,22). The molecule has 0 aliphatic carbocycles. The fraction of sp³-hybridized carbons (Fsp3) is 0.222. The van der Waals surface area contributed by atoms with Crippen LogP contribution in [0.5, 0.6) is 5.75 Å². The number of anilines is 1. The molecular formula is C18H19N3O3. The van der Waals surface area contributed by atoms with E-state index >= 15 is 0 Å². The van der Waals surface area contributed by atoms with Gasteiger partial charge in [-0.1, -0.05) is 18.2 Å². The Bertz CT molecular complexity index is 850. The monoisotopic (exact) mass is 325 g/mol. The Hall–Kier alpha value is -3.02. The number of ether oxygens (including phenoxy) is 1. The average molecular weight is 325 g/mol. The molecule has 1 amide bonds. The van der Waals surface area contributed by atoms with Gasteiger partial charge in [-0.05, 0) is 32.0 Å². The van der Waals surface area contributed by atoms with E-state index in [9.17, 15) is 4.79 Å². The summed E-state index contributed by atoms with van der Waals surface area (Å²) < 4.78 is 12.9. The predicted molar refractivity (Wildman–Crippen MR) is 90.1 cm³/mol. The first-order valence-electron chi connectivity index (χ1n) is 7.61. The summed E-state index contributed by atoms with van der Waals surface area (Å²) in [4.78, 5) is 12.4.